The smallest absolute Gasteiger partial charge is 0.0863 e. The van der Waals surface area contributed by atoms with E-state index in [-0.39, 0.29) is 0 Å². The van der Waals surface area contributed by atoms with Crippen LogP contribution in [-0.4, -0.2) is 35.7 Å². The highest BCUT2D eigenvalue weighted by atomic mass is 16.3. The first kappa shape index (κ1) is 11.9. The quantitative estimate of drug-likeness (QED) is 0.735. The third-order valence-electron chi connectivity index (χ3n) is 4.68. The average molecular weight is 222 g/mol. The number of piperidine rings is 1. The lowest BCUT2D eigenvalue weighted by molar-refractivity contribution is -0.0928. The molecule has 0 spiro atoms. The van der Waals surface area contributed by atoms with Gasteiger partial charge in [-0.05, 0) is 45.1 Å². The number of aliphatic hydroxyl groups is 1. The second kappa shape index (κ2) is 4.01. The summed E-state index contributed by atoms with van der Waals surface area (Å²) in [6.07, 6.45) is 4.36. The van der Waals surface area contributed by atoms with Crippen molar-refractivity contribution in [2.24, 2.45) is 11.3 Å². The largest absolute Gasteiger partial charge is 0.388 e. The zero-order valence-corrected chi connectivity index (χ0v) is 10.4. The Bertz CT molecular complexity index is 302. The lowest BCUT2D eigenvalue weighted by Gasteiger charge is -2.45. The van der Waals surface area contributed by atoms with Crippen molar-refractivity contribution in [3.8, 4) is 6.07 Å². The van der Waals surface area contributed by atoms with Gasteiger partial charge >= 0.3 is 0 Å². The fourth-order valence-electron chi connectivity index (χ4n) is 3.39. The van der Waals surface area contributed by atoms with E-state index in [1.165, 1.54) is 0 Å². The number of hydrogen-bond acceptors (Lipinski definition) is 3. The molecule has 2 fully saturated rings. The van der Waals surface area contributed by atoms with E-state index in [1.807, 2.05) is 0 Å². The van der Waals surface area contributed by atoms with Crippen LogP contribution in [0.5, 0.6) is 0 Å². The monoisotopic (exact) mass is 222 g/mol. The van der Waals surface area contributed by atoms with Gasteiger partial charge in [-0.2, -0.15) is 5.26 Å². The summed E-state index contributed by atoms with van der Waals surface area (Å²) in [7, 11) is 2.08. The Hall–Kier alpha value is -0.590. The molecule has 0 aromatic carbocycles. The van der Waals surface area contributed by atoms with Crippen LogP contribution in [0.3, 0.4) is 0 Å². The maximum absolute atomic E-state index is 10.8. The van der Waals surface area contributed by atoms with Gasteiger partial charge in [-0.15, -0.1) is 0 Å². The topological polar surface area (TPSA) is 47.3 Å². The molecule has 0 aromatic heterocycles. The maximum Gasteiger partial charge on any atom is 0.0863 e. The van der Waals surface area contributed by atoms with Gasteiger partial charge in [0.1, 0.15) is 0 Å². The minimum atomic E-state index is -0.737. The number of nitrogens with zero attached hydrogens (tertiary/aromatic N) is 2. The van der Waals surface area contributed by atoms with Crippen molar-refractivity contribution in [2.45, 2.75) is 44.6 Å². The Morgan fingerprint density at radius 2 is 1.94 bits per heavy atom. The van der Waals surface area contributed by atoms with Gasteiger partial charge in [0.2, 0.25) is 0 Å². The van der Waals surface area contributed by atoms with Gasteiger partial charge in [0, 0.05) is 13.1 Å². The van der Waals surface area contributed by atoms with Gasteiger partial charge in [0.15, 0.2) is 0 Å². The summed E-state index contributed by atoms with van der Waals surface area (Å²) in [4.78, 5) is 2.23. The molecular weight excluding hydrogens is 200 g/mol. The molecule has 0 aromatic rings. The first-order valence-electron chi connectivity index (χ1n) is 6.33. The maximum atomic E-state index is 10.8. The second-order valence-electron chi connectivity index (χ2n) is 5.88. The molecule has 2 atom stereocenters. The molecule has 2 rings (SSSR count). The normalized spacial score (nSPS) is 39.5. The molecule has 90 valence electrons. The highest BCUT2D eigenvalue weighted by Gasteiger charge is 2.54. The number of nitriles is 1. The molecule has 3 heteroatoms. The van der Waals surface area contributed by atoms with E-state index < -0.39 is 11.0 Å². The standard InChI is InChI=1S/C13H22N2O/c1-11-3-4-12(9-11,10-14)13(16)5-7-15(2)8-6-13/h11,16H,3-9H2,1-2H3. The first-order valence-corrected chi connectivity index (χ1v) is 6.33. The van der Waals surface area contributed by atoms with E-state index in [2.05, 4.69) is 24.9 Å². The second-order valence-corrected chi connectivity index (χ2v) is 5.88. The molecule has 2 unspecified atom stereocenters. The van der Waals surface area contributed by atoms with E-state index >= 15 is 0 Å². The van der Waals surface area contributed by atoms with Gasteiger partial charge < -0.3 is 10.0 Å². The molecular formula is C13H22N2O. The molecule has 1 heterocycles. The van der Waals surface area contributed by atoms with Crippen molar-refractivity contribution >= 4 is 0 Å². The fourth-order valence-corrected chi connectivity index (χ4v) is 3.39. The molecule has 0 bridgehead atoms. The van der Waals surface area contributed by atoms with Crippen LogP contribution in [0.1, 0.15) is 39.0 Å². The Kier molecular flexibility index (Phi) is 2.98. The van der Waals surface area contributed by atoms with E-state index in [4.69, 9.17) is 0 Å². The third kappa shape index (κ3) is 1.74. The Morgan fingerprint density at radius 1 is 1.31 bits per heavy atom. The average Bonchev–Trinajstić information content (AvgIpc) is 2.66. The SMILES string of the molecule is CC1CCC(C#N)(C2(O)CCN(C)CC2)C1. The van der Waals surface area contributed by atoms with E-state index in [0.717, 1.165) is 45.2 Å². The molecule has 1 aliphatic carbocycles. The summed E-state index contributed by atoms with van der Waals surface area (Å²) < 4.78 is 0. The van der Waals surface area contributed by atoms with Crippen LogP contribution in [0.4, 0.5) is 0 Å². The van der Waals surface area contributed by atoms with Crippen molar-refractivity contribution in [3.05, 3.63) is 0 Å². The first-order chi connectivity index (χ1) is 7.51. The Balaban J connectivity index is 2.18. The number of hydrogen-bond donors (Lipinski definition) is 1. The molecule has 1 aliphatic heterocycles. The summed E-state index contributed by atoms with van der Waals surface area (Å²) >= 11 is 0. The zero-order chi connectivity index (χ0) is 11.8. The highest BCUT2D eigenvalue weighted by Crippen LogP contribution is 2.52. The molecule has 16 heavy (non-hydrogen) atoms. The third-order valence-corrected chi connectivity index (χ3v) is 4.68. The van der Waals surface area contributed by atoms with Gasteiger partial charge in [0.05, 0.1) is 17.1 Å². The van der Waals surface area contributed by atoms with Crippen molar-refractivity contribution < 1.29 is 5.11 Å². The van der Waals surface area contributed by atoms with Crippen LogP contribution in [-0.2, 0) is 0 Å². The van der Waals surface area contributed by atoms with Crippen LogP contribution in [0.25, 0.3) is 0 Å². The fraction of sp³-hybridized carbons (Fsp3) is 0.923. The summed E-state index contributed by atoms with van der Waals surface area (Å²) in [6.45, 7) is 4.01. The van der Waals surface area contributed by atoms with Gasteiger partial charge in [-0.1, -0.05) is 6.92 Å². The van der Waals surface area contributed by atoms with Crippen LogP contribution >= 0.6 is 0 Å². The van der Waals surface area contributed by atoms with Gasteiger partial charge in [0.25, 0.3) is 0 Å². The van der Waals surface area contributed by atoms with E-state index in [1.54, 1.807) is 0 Å². The number of rotatable bonds is 1. The van der Waals surface area contributed by atoms with Gasteiger partial charge in [-0.3, -0.25) is 0 Å². The minimum absolute atomic E-state index is 0.465. The lowest BCUT2D eigenvalue weighted by atomic mass is 9.66. The molecule has 0 amide bonds. The molecule has 3 nitrogen and oxygen atoms in total. The summed E-state index contributed by atoms with van der Waals surface area (Å²) in [5.74, 6) is 0.586. The van der Waals surface area contributed by atoms with Crippen LogP contribution in [0, 0.1) is 22.7 Å². The Labute approximate surface area is 98.1 Å². The number of likely N-dealkylation sites (tertiary alicyclic amines) is 1. The molecule has 2 aliphatic rings. The summed E-state index contributed by atoms with van der Waals surface area (Å²) in [5, 5.41) is 20.3. The van der Waals surface area contributed by atoms with Crippen LogP contribution < -0.4 is 0 Å². The van der Waals surface area contributed by atoms with E-state index in [9.17, 15) is 10.4 Å². The molecule has 1 saturated carbocycles. The predicted octanol–water partition coefficient (Wildman–Crippen LogP) is 1.77. The minimum Gasteiger partial charge on any atom is -0.388 e. The van der Waals surface area contributed by atoms with E-state index in [0.29, 0.717) is 5.92 Å². The lowest BCUT2D eigenvalue weighted by Crippen LogP contribution is -2.53. The summed E-state index contributed by atoms with van der Waals surface area (Å²) in [5.41, 5.74) is -1.20. The molecule has 0 radical (unpaired) electrons. The van der Waals surface area contributed by atoms with Crippen molar-refractivity contribution in [1.82, 2.24) is 4.90 Å². The van der Waals surface area contributed by atoms with Crippen molar-refractivity contribution in [3.63, 3.8) is 0 Å². The molecule has 1 saturated heterocycles. The molecule has 1 N–H and O–H groups in total. The summed E-state index contributed by atoms with van der Waals surface area (Å²) in [6, 6.07) is 2.46. The Morgan fingerprint density at radius 3 is 2.38 bits per heavy atom. The van der Waals surface area contributed by atoms with Gasteiger partial charge in [-0.25, -0.2) is 0 Å². The zero-order valence-electron chi connectivity index (χ0n) is 10.4. The van der Waals surface area contributed by atoms with Crippen molar-refractivity contribution in [1.29, 1.82) is 5.26 Å². The van der Waals surface area contributed by atoms with Crippen molar-refractivity contribution in [2.75, 3.05) is 20.1 Å². The predicted molar refractivity (Wildman–Crippen MR) is 62.7 cm³/mol. The highest BCUT2D eigenvalue weighted by molar-refractivity contribution is 5.15. The van der Waals surface area contributed by atoms with Crippen LogP contribution in [0.2, 0.25) is 0 Å². The van der Waals surface area contributed by atoms with Crippen LogP contribution in [0.15, 0.2) is 0 Å².